The van der Waals surface area contributed by atoms with E-state index in [-0.39, 0.29) is 6.03 Å². The molecular formula is C14H16N2OSi. The first-order chi connectivity index (χ1) is 8.81. The normalized spacial score (nSPS) is 10.5. The smallest absolute Gasteiger partial charge is 0.317 e. The lowest BCUT2D eigenvalue weighted by molar-refractivity contribution is 0.260. The summed E-state index contributed by atoms with van der Waals surface area (Å²) in [6.07, 6.45) is 0. The third-order valence-electron chi connectivity index (χ3n) is 2.65. The number of urea groups is 1. The fraction of sp³-hybridized carbons (Fsp3) is 0.0714. The van der Waals surface area contributed by atoms with E-state index in [4.69, 9.17) is 0 Å². The number of amides is 2. The van der Waals surface area contributed by atoms with Gasteiger partial charge in [-0.05, 0) is 24.3 Å². The lowest BCUT2D eigenvalue weighted by Gasteiger charge is -2.21. The molecule has 18 heavy (non-hydrogen) atoms. The highest BCUT2D eigenvalue weighted by molar-refractivity contribution is 6.48. The molecule has 0 bridgehead atoms. The molecule has 0 heterocycles. The zero-order valence-corrected chi connectivity index (χ0v) is 11.8. The maximum Gasteiger partial charge on any atom is 0.317 e. The summed E-state index contributed by atoms with van der Waals surface area (Å²) in [5.41, 5.74) is 1.78. The van der Waals surface area contributed by atoms with Crippen LogP contribution in [0, 0.1) is 0 Å². The Hall–Kier alpha value is -2.07. The Kier molecular flexibility index (Phi) is 4.14. The van der Waals surface area contributed by atoms with Gasteiger partial charge in [0.2, 0.25) is 0 Å². The third kappa shape index (κ3) is 2.98. The minimum Gasteiger partial charge on any atom is -0.329 e. The van der Waals surface area contributed by atoms with E-state index in [0.717, 1.165) is 11.4 Å². The second-order valence-corrected chi connectivity index (χ2v) is 5.14. The van der Waals surface area contributed by atoms with E-state index in [0.29, 0.717) is 0 Å². The molecule has 2 aromatic rings. The van der Waals surface area contributed by atoms with Crippen LogP contribution in [0.5, 0.6) is 0 Å². The van der Waals surface area contributed by atoms with Crippen molar-refractivity contribution in [1.29, 1.82) is 0 Å². The molecule has 0 saturated carbocycles. The van der Waals surface area contributed by atoms with Crippen molar-refractivity contribution >= 4 is 27.1 Å². The Labute approximate surface area is 109 Å². The molecule has 0 aromatic heterocycles. The first-order valence-corrected chi connectivity index (χ1v) is 8.04. The van der Waals surface area contributed by atoms with Gasteiger partial charge in [0.1, 0.15) is 9.68 Å². The lowest BCUT2D eigenvalue weighted by atomic mass is 10.3. The largest absolute Gasteiger partial charge is 0.329 e. The number of para-hydroxylation sites is 2. The van der Waals surface area contributed by atoms with E-state index in [1.165, 1.54) is 0 Å². The van der Waals surface area contributed by atoms with Crippen LogP contribution in [0.25, 0.3) is 0 Å². The number of rotatable bonds is 3. The van der Waals surface area contributed by atoms with E-state index in [2.05, 4.69) is 11.9 Å². The quantitative estimate of drug-likeness (QED) is 0.841. The molecule has 0 aliphatic heterocycles. The van der Waals surface area contributed by atoms with E-state index in [9.17, 15) is 4.79 Å². The maximum absolute atomic E-state index is 12.2. The number of hydrogen-bond donors (Lipinski definition) is 1. The number of nitrogens with zero attached hydrogens (tertiary/aromatic N) is 1. The van der Waals surface area contributed by atoms with Crippen LogP contribution in [0.3, 0.4) is 0 Å². The Bertz CT molecular complexity index is 502. The zero-order valence-electron chi connectivity index (χ0n) is 10.3. The summed E-state index contributed by atoms with van der Waals surface area (Å²) in [5.74, 6) is 0. The van der Waals surface area contributed by atoms with E-state index < -0.39 is 9.68 Å². The molecule has 0 radical (unpaired) electrons. The van der Waals surface area contributed by atoms with Crippen molar-refractivity contribution in [2.45, 2.75) is 6.55 Å². The van der Waals surface area contributed by atoms with Gasteiger partial charge in [-0.3, -0.25) is 0 Å². The highest BCUT2D eigenvalue weighted by atomic mass is 28.2. The summed E-state index contributed by atoms with van der Waals surface area (Å²) < 4.78 is 1.84. The number of carbonyl (C=O) groups excluding carboxylic acids is 1. The molecule has 2 aromatic carbocycles. The van der Waals surface area contributed by atoms with E-state index in [1.54, 1.807) is 0 Å². The highest BCUT2D eigenvalue weighted by Crippen LogP contribution is 2.14. The first-order valence-electron chi connectivity index (χ1n) is 6.00. The lowest BCUT2D eigenvalue weighted by Crippen LogP contribution is -2.36. The van der Waals surface area contributed by atoms with Crippen molar-refractivity contribution in [3.63, 3.8) is 0 Å². The molecule has 92 valence electrons. The molecule has 3 nitrogen and oxygen atoms in total. The van der Waals surface area contributed by atoms with Gasteiger partial charge in [0, 0.05) is 11.4 Å². The third-order valence-corrected chi connectivity index (χ3v) is 3.94. The van der Waals surface area contributed by atoms with Crippen LogP contribution in [-0.4, -0.2) is 15.7 Å². The molecule has 4 heteroatoms. The van der Waals surface area contributed by atoms with Crippen LogP contribution >= 0.6 is 0 Å². The monoisotopic (exact) mass is 256 g/mol. The van der Waals surface area contributed by atoms with Gasteiger partial charge in [0.15, 0.2) is 0 Å². The molecule has 0 unspecified atom stereocenters. The van der Waals surface area contributed by atoms with Gasteiger partial charge < -0.3 is 9.88 Å². The van der Waals surface area contributed by atoms with Crippen molar-refractivity contribution in [2.24, 2.45) is 0 Å². The van der Waals surface area contributed by atoms with Gasteiger partial charge in [-0.15, -0.1) is 0 Å². The molecule has 0 aliphatic carbocycles. The van der Waals surface area contributed by atoms with Crippen LogP contribution < -0.4 is 9.88 Å². The zero-order chi connectivity index (χ0) is 12.8. The van der Waals surface area contributed by atoms with Crippen LogP contribution in [0.1, 0.15) is 0 Å². The standard InChI is InChI=1S/C14H16N2OSi/c1-18-16(13-10-6-3-7-11-13)14(17)15-12-8-4-2-5-9-12/h2-11H,18H2,1H3,(H,15,17). The molecule has 1 N–H and O–H groups in total. The minimum atomic E-state index is -0.612. The van der Waals surface area contributed by atoms with Crippen LogP contribution in [-0.2, 0) is 0 Å². The van der Waals surface area contributed by atoms with Crippen molar-refractivity contribution < 1.29 is 4.79 Å². The summed E-state index contributed by atoms with van der Waals surface area (Å²) in [7, 11) is -0.612. The van der Waals surface area contributed by atoms with Crippen molar-refractivity contribution in [3.8, 4) is 0 Å². The molecule has 0 aliphatic rings. The summed E-state index contributed by atoms with van der Waals surface area (Å²) in [5, 5.41) is 2.91. The summed E-state index contributed by atoms with van der Waals surface area (Å²) in [6, 6.07) is 19.2. The number of anilines is 2. The fourth-order valence-corrected chi connectivity index (χ4v) is 2.71. The number of carbonyl (C=O) groups is 1. The summed E-state index contributed by atoms with van der Waals surface area (Å²) in [4.78, 5) is 12.2. The Balaban J connectivity index is 2.12. The molecule has 0 atom stereocenters. The average Bonchev–Trinajstić information content (AvgIpc) is 2.42. The number of nitrogens with one attached hydrogen (secondary N) is 1. The average molecular weight is 256 g/mol. The SMILES string of the molecule is C[SiH2]N(C(=O)Nc1ccccc1)c1ccccc1. The van der Waals surface area contributed by atoms with Gasteiger partial charge in [0.25, 0.3) is 0 Å². The first kappa shape index (κ1) is 12.4. The minimum absolute atomic E-state index is 0.0541. The van der Waals surface area contributed by atoms with Crippen molar-refractivity contribution in [3.05, 3.63) is 60.7 Å². The fourth-order valence-electron chi connectivity index (χ4n) is 1.76. The van der Waals surface area contributed by atoms with Gasteiger partial charge >= 0.3 is 6.03 Å². The van der Waals surface area contributed by atoms with Gasteiger partial charge in [0.05, 0.1) is 0 Å². The molecule has 2 amide bonds. The molecular weight excluding hydrogens is 240 g/mol. The number of hydrogen-bond acceptors (Lipinski definition) is 1. The van der Waals surface area contributed by atoms with Crippen molar-refractivity contribution in [2.75, 3.05) is 9.88 Å². The van der Waals surface area contributed by atoms with Crippen LogP contribution in [0.2, 0.25) is 6.55 Å². The summed E-state index contributed by atoms with van der Waals surface area (Å²) >= 11 is 0. The molecule has 0 fully saturated rings. The van der Waals surface area contributed by atoms with Gasteiger partial charge in [-0.25, -0.2) is 4.79 Å². The van der Waals surface area contributed by atoms with E-state index >= 15 is 0 Å². The van der Waals surface area contributed by atoms with Gasteiger partial charge in [-0.1, -0.05) is 42.9 Å². The predicted molar refractivity (Wildman–Crippen MR) is 78.8 cm³/mol. The predicted octanol–water partition coefficient (Wildman–Crippen LogP) is 2.86. The van der Waals surface area contributed by atoms with E-state index in [1.807, 2.05) is 65.2 Å². The maximum atomic E-state index is 12.2. The Morgan fingerprint density at radius 3 is 2.11 bits per heavy atom. The number of benzene rings is 2. The molecule has 0 spiro atoms. The van der Waals surface area contributed by atoms with Crippen LogP contribution in [0.15, 0.2) is 60.7 Å². The highest BCUT2D eigenvalue weighted by Gasteiger charge is 2.12. The van der Waals surface area contributed by atoms with Crippen LogP contribution in [0.4, 0.5) is 16.2 Å². The molecule has 2 rings (SSSR count). The second kappa shape index (κ2) is 6.02. The summed E-state index contributed by atoms with van der Waals surface area (Å²) in [6.45, 7) is 2.09. The Morgan fingerprint density at radius 1 is 1.00 bits per heavy atom. The molecule has 0 saturated heterocycles. The topological polar surface area (TPSA) is 32.3 Å². The second-order valence-electron chi connectivity index (χ2n) is 3.88. The van der Waals surface area contributed by atoms with Crippen molar-refractivity contribution in [1.82, 2.24) is 0 Å². The van der Waals surface area contributed by atoms with Gasteiger partial charge in [-0.2, -0.15) is 0 Å². The Morgan fingerprint density at radius 2 is 1.56 bits per heavy atom.